The minimum absolute atomic E-state index is 1.03. The van der Waals surface area contributed by atoms with Gasteiger partial charge in [0.05, 0.1) is 9.85 Å². The first-order valence-electron chi connectivity index (χ1n) is 3.32. The van der Waals surface area contributed by atoms with Crippen molar-refractivity contribution in [2.45, 2.75) is 5.66 Å². The van der Waals surface area contributed by atoms with Crippen molar-refractivity contribution in [3.05, 3.63) is 41.1 Å². The first kappa shape index (κ1) is 12.4. The Kier molecular flexibility index (Phi) is 4.32. The van der Waals surface area contributed by atoms with Crippen LogP contribution in [0, 0.1) is 20.2 Å². The van der Waals surface area contributed by atoms with Gasteiger partial charge in [-0.2, -0.15) is 0 Å². The molecule has 0 bridgehead atoms. The zero-order valence-electron chi connectivity index (χ0n) is 7.12. The van der Waals surface area contributed by atoms with Crippen LogP contribution in [0.25, 0.3) is 20.9 Å². The molecule has 0 aromatic carbocycles. The maximum atomic E-state index is 10.5. The fourth-order valence-corrected chi connectivity index (χ4v) is 0.637. The lowest BCUT2D eigenvalue weighted by Crippen LogP contribution is -2.51. The molecule has 0 aromatic heterocycles. The second-order valence-corrected chi connectivity index (χ2v) is 2.27. The molecule has 12 nitrogen and oxygen atoms in total. The first-order chi connectivity index (χ1) is 7.01. The van der Waals surface area contributed by atoms with E-state index in [9.17, 15) is 20.2 Å². The molecular formula is C3H4N8O4. The fourth-order valence-electron chi connectivity index (χ4n) is 0.637. The van der Waals surface area contributed by atoms with E-state index in [4.69, 9.17) is 11.1 Å². The lowest BCUT2D eigenvalue weighted by atomic mass is 10.2. The van der Waals surface area contributed by atoms with Crippen LogP contribution in [0.15, 0.2) is 10.2 Å². The number of azide groups is 2. The van der Waals surface area contributed by atoms with Crippen LogP contribution in [0.5, 0.6) is 0 Å². The summed E-state index contributed by atoms with van der Waals surface area (Å²) < 4.78 is 0. The minimum Gasteiger partial charge on any atom is -0.258 e. The van der Waals surface area contributed by atoms with Crippen LogP contribution in [-0.2, 0) is 0 Å². The number of nitro groups is 2. The zero-order chi connectivity index (χ0) is 11.9. The first-order valence-corrected chi connectivity index (χ1v) is 3.32. The van der Waals surface area contributed by atoms with Gasteiger partial charge in [0.15, 0.2) is 13.1 Å². The highest BCUT2D eigenvalue weighted by Crippen LogP contribution is 2.13. The summed E-state index contributed by atoms with van der Waals surface area (Å²) in [6.45, 7) is -2.05. The zero-order valence-corrected chi connectivity index (χ0v) is 7.12. The van der Waals surface area contributed by atoms with E-state index in [0.717, 1.165) is 0 Å². The molecule has 0 spiro atoms. The van der Waals surface area contributed by atoms with Gasteiger partial charge in [-0.1, -0.05) is 10.2 Å². The largest absolute Gasteiger partial charge is 0.470 e. The summed E-state index contributed by atoms with van der Waals surface area (Å²) in [7, 11) is 0. The molecule has 15 heavy (non-hydrogen) atoms. The van der Waals surface area contributed by atoms with E-state index < -0.39 is 28.6 Å². The molecule has 0 rings (SSSR count). The highest BCUT2D eigenvalue weighted by Gasteiger charge is 2.55. The van der Waals surface area contributed by atoms with Gasteiger partial charge in [0.25, 0.3) is 0 Å². The predicted molar refractivity (Wildman–Crippen MR) is 44.7 cm³/mol. The molecule has 0 fully saturated rings. The summed E-state index contributed by atoms with van der Waals surface area (Å²) in [6.07, 6.45) is 0. The molecule has 0 radical (unpaired) electrons. The fraction of sp³-hybridized carbons (Fsp3) is 1.00. The van der Waals surface area contributed by atoms with Crippen LogP contribution in [0.2, 0.25) is 0 Å². The number of hydrogen-bond acceptors (Lipinski definition) is 6. The Balaban J connectivity index is 5.23. The number of rotatable bonds is 6. The van der Waals surface area contributed by atoms with Crippen molar-refractivity contribution >= 4 is 0 Å². The van der Waals surface area contributed by atoms with Crippen LogP contribution in [-0.4, -0.2) is 28.6 Å². The van der Waals surface area contributed by atoms with Gasteiger partial charge in [-0.3, -0.25) is 20.2 Å². The van der Waals surface area contributed by atoms with Crippen LogP contribution in [0.1, 0.15) is 0 Å². The van der Waals surface area contributed by atoms with Gasteiger partial charge in [0.2, 0.25) is 0 Å². The van der Waals surface area contributed by atoms with Gasteiger partial charge in [0.1, 0.15) is 0 Å². The predicted octanol–water partition coefficient (Wildman–Crippen LogP) is 0.857. The van der Waals surface area contributed by atoms with E-state index in [1.165, 1.54) is 0 Å². The van der Waals surface area contributed by atoms with Crippen LogP contribution < -0.4 is 0 Å². The quantitative estimate of drug-likeness (QED) is 0.159. The highest BCUT2D eigenvalue weighted by molar-refractivity contribution is 4.74. The molecule has 0 saturated carbocycles. The van der Waals surface area contributed by atoms with Gasteiger partial charge >= 0.3 is 5.66 Å². The topological polar surface area (TPSA) is 184 Å². The van der Waals surface area contributed by atoms with E-state index in [0.29, 0.717) is 0 Å². The van der Waals surface area contributed by atoms with Crippen LogP contribution in [0.4, 0.5) is 0 Å². The molecule has 0 amide bonds. The molecule has 0 N–H and O–H groups in total. The molecule has 0 aliphatic heterocycles. The van der Waals surface area contributed by atoms with E-state index in [1.807, 2.05) is 0 Å². The third-order valence-corrected chi connectivity index (χ3v) is 1.45. The third-order valence-electron chi connectivity index (χ3n) is 1.45. The second kappa shape index (κ2) is 5.21. The van der Waals surface area contributed by atoms with Gasteiger partial charge in [0, 0.05) is 9.82 Å². The molecule has 0 aromatic rings. The Labute approximate surface area is 81.0 Å². The van der Waals surface area contributed by atoms with E-state index >= 15 is 0 Å². The van der Waals surface area contributed by atoms with Gasteiger partial charge in [-0.25, -0.2) is 0 Å². The monoisotopic (exact) mass is 216 g/mol. The maximum absolute atomic E-state index is 10.5. The second-order valence-electron chi connectivity index (χ2n) is 2.27. The number of nitrogens with zero attached hydrogens (tertiary/aromatic N) is 8. The van der Waals surface area contributed by atoms with Crippen molar-refractivity contribution in [1.82, 2.24) is 0 Å². The van der Waals surface area contributed by atoms with Crippen LogP contribution in [0.3, 0.4) is 0 Å². The Morgan fingerprint density at radius 3 is 1.60 bits per heavy atom. The van der Waals surface area contributed by atoms with E-state index in [2.05, 4.69) is 20.1 Å². The molecule has 0 atom stereocenters. The third kappa shape index (κ3) is 2.69. The SMILES string of the molecule is [N-]=[N+]=NCC(CN=[N+]=[N-])([N+](=O)[O-])[N+](=O)[O-]. The molecule has 80 valence electrons. The number of hydrogen-bond donors (Lipinski definition) is 0. The van der Waals surface area contributed by atoms with Gasteiger partial charge in [-0.15, -0.1) is 0 Å². The lowest BCUT2D eigenvalue weighted by molar-refractivity contribution is -0.789. The molecule has 0 saturated heterocycles. The van der Waals surface area contributed by atoms with E-state index in [1.54, 1.807) is 0 Å². The van der Waals surface area contributed by atoms with Gasteiger partial charge < -0.3 is 0 Å². The van der Waals surface area contributed by atoms with Crippen molar-refractivity contribution in [3.8, 4) is 0 Å². The summed E-state index contributed by atoms with van der Waals surface area (Å²) in [5, 5.41) is 26.5. The summed E-state index contributed by atoms with van der Waals surface area (Å²) in [5.74, 6) is 0. The Morgan fingerprint density at radius 2 is 1.40 bits per heavy atom. The molecule has 0 aliphatic carbocycles. The van der Waals surface area contributed by atoms with Crippen molar-refractivity contribution < 1.29 is 9.85 Å². The van der Waals surface area contributed by atoms with Crippen molar-refractivity contribution in [1.29, 1.82) is 0 Å². The molecule has 0 heterocycles. The highest BCUT2D eigenvalue weighted by atomic mass is 16.7. The Bertz CT molecular complexity index is 328. The van der Waals surface area contributed by atoms with Crippen LogP contribution >= 0.6 is 0 Å². The Morgan fingerprint density at radius 1 is 1.07 bits per heavy atom. The molecule has 12 heteroatoms. The lowest BCUT2D eigenvalue weighted by Gasteiger charge is -2.11. The summed E-state index contributed by atoms with van der Waals surface area (Å²) >= 11 is 0. The minimum atomic E-state index is -2.79. The average Bonchev–Trinajstić information content (AvgIpc) is 2.17. The van der Waals surface area contributed by atoms with Gasteiger partial charge in [-0.05, 0) is 11.1 Å². The Hall–Kier alpha value is -2.58. The van der Waals surface area contributed by atoms with Crippen molar-refractivity contribution in [2.24, 2.45) is 10.2 Å². The summed E-state index contributed by atoms with van der Waals surface area (Å²) in [4.78, 5) is 22.8. The van der Waals surface area contributed by atoms with E-state index in [-0.39, 0.29) is 0 Å². The summed E-state index contributed by atoms with van der Waals surface area (Å²) in [6, 6.07) is 0. The standard InChI is InChI=1S/C3H4N8O4/c4-8-6-1-3(10(12)13,11(14)15)2-7-9-5/h1-2H2. The maximum Gasteiger partial charge on any atom is 0.470 e. The smallest absolute Gasteiger partial charge is 0.258 e. The summed E-state index contributed by atoms with van der Waals surface area (Å²) in [5.41, 5.74) is 13.1. The van der Waals surface area contributed by atoms with Crippen molar-refractivity contribution in [3.63, 3.8) is 0 Å². The molecular weight excluding hydrogens is 212 g/mol. The normalized spacial score (nSPS) is 9.60. The van der Waals surface area contributed by atoms with Crippen molar-refractivity contribution in [2.75, 3.05) is 13.1 Å². The average molecular weight is 216 g/mol. The molecule has 0 aliphatic rings. The molecule has 0 unspecified atom stereocenters.